The quantitative estimate of drug-likeness (QED) is 0.458. The minimum atomic E-state index is -0.389. The zero-order chi connectivity index (χ0) is 22.8. The van der Waals surface area contributed by atoms with E-state index in [1.807, 2.05) is 12.1 Å². The highest BCUT2D eigenvalue weighted by atomic mass is 19.1. The lowest BCUT2D eigenvalue weighted by Gasteiger charge is -2.16. The van der Waals surface area contributed by atoms with E-state index < -0.39 is 0 Å². The van der Waals surface area contributed by atoms with Crippen molar-refractivity contribution >= 4 is 23.2 Å². The molecule has 2 amide bonds. The van der Waals surface area contributed by atoms with Gasteiger partial charge in [0.1, 0.15) is 12.1 Å². The smallest absolute Gasteiger partial charge is 0.261 e. The number of amides is 2. The molecular weight excluding hydrogens is 425 g/mol. The zero-order valence-electron chi connectivity index (χ0n) is 17.6. The highest BCUT2D eigenvalue weighted by Crippen LogP contribution is 2.32. The zero-order valence-corrected chi connectivity index (χ0v) is 17.6. The molecular formula is C25H20FN3O4. The first-order chi connectivity index (χ1) is 16.1. The van der Waals surface area contributed by atoms with E-state index in [4.69, 9.17) is 8.83 Å². The first-order valence-electron chi connectivity index (χ1n) is 10.5. The molecule has 0 radical (unpaired) electrons. The lowest BCUT2D eigenvalue weighted by atomic mass is 10.1. The molecule has 0 fully saturated rings. The highest BCUT2D eigenvalue weighted by Gasteiger charge is 2.26. The molecule has 0 saturated heterocycles. The first-order valence-corrected chi connectivity index (χ1v) is 10.5. The molecule has 0 unspecified atom stereocenters. The lowest BCUT2D eigenvalue weighted by Crippen LogP contribution is -2.28. The number of benzene rings is 2. The SMILES string of the molecule is O=C(CCc1ncc(-c2ccccc2F)o1)Nc1ccc2c(c1)CCN2C(=O)c1ccoc1. The molecule has 2 aromatic heterocycles. The van der Waals surface area contributed by atoms with Crippen LogP contribution in [0.2, 0.25) is 0 Å². The van der Waals surface area contributed by atoms with Crippen molar-refractivity contribution in [1.29, 1.82) is 0 Å². The molecule has 0 spiro atoms. The standard InChI is InChI=1S/C25H20FN3O4/c26-20-4-2-1-3-19(20)22-14-27-24(33-22)8-7-23(30)28-18-5-6-21-16(13-18)9-11-29(21)25(31)17-10-12-32-15-17/h1-6,10,12-15H,7-9,11H2,(H,28,30). The largest absolute Gasteiger partial charge is 0.472 e. The van der Waals surface area contributed by atoms with Crippen molar-refractivity contribution < 1.29 is 22.8 Å². The predicted octanol–water partition coefficient (Wildman–Crippen LogP) is 4.85. The molecule has 3 heterocycles. The maximum absolute atomic E-state index is 13.9. The van der Waals surface area contributed by atoms with Gasteiger partial charge in [-0.2, -0.15) is 0 Å². The second kappa shape index (κ2) is 8.74. The van der Waals surface area contributed by atoms with Gasteiger partial charge in [-0.25, -0.2) is 9.37 Å². The van der Waals surface area contributed by atoms with Gasteiger partial charge in [0, 0.05) is 30.8 Å². The maximum Gasteiger partial charge on any atom is 0.261 e. The number of nitrogens with zero attached hydrogens (tertiary/aromatic N) is 2. The van der Waals surface area contributed by atoms with Crippen LogP contribution >= 0.6 is 0 Å². The van der Waals surface area contributed by atoms with E-state index in [-0.39, 0.29) is 30.5 Å². The minimum Gasteiger partial charge on any atom is -0.472 e. The topological polar surface area (TPSA) is 88.6 Å². The van der Waals surface area contributed by atoms with Crippen LogP contribution in [0.15, 0.2) is 76.1 Å². The molecule has 33 heavy (non-hydrogen) atoms. The molecule has 166 valence electrons. The molecule has 4 aromatic rings. The van der Waals surface area contributed by atoms with Gasteiger partial charge in [-0.1, -0.05) is 12.1 Å². The molecule has 7 nitrogen and oxygen atoms in total. The molecule has 1 aliphatic heterocycles. The summed E-state index contributed by atoms with van der Waals surface area (Å²) in [7, 11) is 0. The summed E-state index contributed by atoms with van der Waals surface area (Å²) in [5.41, 5.74) is 3.33. The van der Waals surface area contributed by atoms with Crippen LogP contribution in [0.25, 0.3) is 11.3 Å². The summed E-state index contributed by atoms with van der Waals surface area (Å²) >= 11 is 0. The Labute approximate surface area is 188 Å². The summed E-state index contributed by atoms with van der Waals surface area (Å²) in [5.74, 6) is 0.00639. The van der Waals surface area contributed by atoms with Crippen molar-refractivity contribution in [3.05, 3.63) is 90.1 Å². The van der Waals surface area contributed by atoms with Crippen molar-refractivity contribution in [2.75, 3.05) is 16.8 Å². The number of carbonyl (C=O) groups is 2. The number of hydrogen-bond donors (Lipinski definition) is 1. The maximum atomic E-state index is 13.9. The van der Waals surface area contributed by atoms with Crippen LogP contribution in [0.3, 0.4) is 0 Å². The van der Waals surface area contributed by atoms with Crippen molar-refractivity contribution in [3.63, 3.8) is 0 Å². The van der Waals surface area contributed by atoms with Crippen LogP contribution in [0, 0.1) is 5.82 Å². The lowest BCUT2D eigenvalue weighted by molar-refractivity contribution is -0.116. The number of hydrogen-bond acceptors (Lipinski definition) is 5. The summed E-state index contributed by atoms with van der Waals surface area (Å²) in [6.45, 7) is 0.575. The third-order valence-corrected chi connectivity index (χ3v) is 5.53. The number of nitrogens with one attached hydrogen (secondary N) is 1. The molecule has 8 heteroatoms. The van der Waals surface area contributed by atoms with Gasteiger partial charge < -0.3 is 19.1 Å². The number of rotatable bonds is 6. The van der Waals surface area contributed by atoms with Gasteiger partial charge in [-0.15, -0.1) is 0 Å². The van der Waals surface area contributed by atoms with Gasteiger partial charge in [0.25, 0.3) is 5.91 Å². The number of oxazole rings is 1. The number of halogens is 1. The molecule has 5 rings (SSSR count). The highest BCUT2D eigenvalue weighted by molar-refractivity contribution is 6.07. The van der Waals surface area contributed by atoms with E-state index in [9.17, 15) is 14.0 Å². The second-order valence-corrected chi connectivity index (χ2v) is 7.71. The van der Waals surface area contributed by atoms with Crippen molar-refractivity contribution in [2.45, 2.75) is 19.3 Å². The van der Waals surface area contributed by atoms with Crippen molar-refractivity contribution in [3.8, 4) is 11.3 Å². The fourth-order valence-corrected chi connectivity index (χ4v) is 3.89. The molecule has 2 aromatic carbocycles. The van der Waals surface area contributed by atoms with Gasteiger partial charge in [0.15, 0.2) is 11.7 Å². The number of fused-ring (bicyclic) bond motifs is 1. The Morgan fingerprint density at radius 2 is 2.03 bits per heavy atom. The summed E-state index contributed by atoms with van der Waals surface area (Å²) in [6.07, 6.45) is 5.53. The molecule has 0 aliphatic carbocycles. The summed E-state index contributed by atoms with van der Waals surface area (Å²) in [4.78, 5) is 30.9. The van der Waals surface area contributed by atoms with Crippen LogP contribution in [0.1, 0.15) is 28.2 Å². The van der Waals surface area contributed by atoms with Crippen LogP contribution in [0.4, 0.5) is 15.8 Å². The third kappa shape index (κ3) is 4.27. The second-order valence-electron chi connectivity index (χ2n) is 7.71. The molecule has 0 saturated carbocycles. The van der Waals surface area contributed by atoms with Crippen LogP contribution in [0.5, 0.6) is 0 Å². The fraction of sp³-hybridized carbons (Fsp3) is 0.160. The average Bonchev–Trinajstić information content (AvgIpc) is 3.58. The van der Waals surface area contributed by atoms with Gasteiger partial charge >= 0.3 is 0 Å². The number of carbonyl (C=O) groups excluding carboxylic acids is 2. The third-order valence-electron chi connectivity index (χ3n) is 5.53. The van der Waals surface area contributed by atoms with E-state index in [0.29, 0.717) is 41.4 Å². The molecule has 0 bridgehead atoms. The predicted molar refractivity (Wildman–Crippen MR) is 119 cm³/mol. The molecule has 1 aliphatic rings. The van der Waals surface area contributed by atoms with E-state index in [1.54, 1.807) is 35.2 Å². The Hall–Kier alpha value is -4.20. The van der Waals surface area contributed by atoms with Crippen LogP contribution < -0.4 is 10.2 Å². The summed E-state index contributed by atoms with van der Waals surface area (Å²) < 4.78 is 24.5. The molecule has 0 atom stereocenters. The van der Waals surface area contributed by atoms with Gasteiger partial charge in [-0.3, -0.25) is 9.59 Å². The van der Waals surface area contributed by atoms with Crippen molar-refractivity contribution in [1.82, 2.24) is 4.98 Å². The first kappa shape index (κ1) is 20.7. The fourth-order valence-electron chi connectivity index (χ4n) is 3.89. The van der Waals surface area contributed by atoms with E-state index in [1.165, 1.54) is 24.8 Å². The van der Waals surface area contributed by atoms with Crippen molar-refractivity contribution in [2.24, 2.45) is 0 Å². The Kier molecular flexibility index (Phi) is 5.48. The molecule has 1 N–H and O–H groups in total. The average molecular weight is 445 g/mol. The monoisotopic (exact) mass is 445 g/mol. The minimum absolute atomic E-state index is 0.111. The van der Waals surface area contributed by atoms with Gasteiger partial charge in [0.05, 0.1) is 23.6 Å². The van der Waals surface area contributed by atoms with E-state index in [0.717, 1.165) is 11.3 Å². The Bertz CT molecular complexity index is 1310. The number of anilines is 2. The number of aryl methyl sites for hydroxylation is 1. The van der Waals surface area contributed by atoms with Gasteiger partial charge in [-0.05, 0) is 48.4 Å². The van der Waals surface area contributed by atoms with Crippen LogP contribution in [-0.4, -0.2) is 23.3 Å². The van der Waals surface area contributed by atoms with Gasteiger partial charge in [0.2, 0.25) is 5.91 Å². The Morgan fingerprint density at radius 3 is 2.85 bits per heavy atom. The van der Waals surface area contributed by atoms with Crippen LogP contribution in [-0.2, 0) is 17.6 Å². The van der Waals surface area contributed by atoms with E-state index >= 15 is 0 Å². The Morgan fingerprint density at radius 1 is 1.15 bits per heavy atom. The number of furan rings is 1. The number of aromatic nitrogens is 1. The summed E-state index contributed by atoms with van der Waals surface area (Å²) in [5, 5.41) is 2.87. The normalized spacial score (nSPS) is 12.6. The summed E-state index contributed by atoms with van der Waals surface area (Å²) in [6, 6.07) is 13.4. The van der Waals surface area contributed by atoms with E-state index in [2.05, 4.69) is 10.3 Å². The Balaban J connectivity index is 1.19.